The van der Waals surface area contributed by atoms with Gasteiger partial charge in [-0.1, -0.05) is 13.8 Å². The van der Waals surface area contributed by atoms with E-state index in [0.29, 0.717) is 4.57 Å². The maximum absolute atomic E-state index is 12.9. The number of hydrogen-bond acceptors (Lipinski definition) is 9. The summed E-state index contributed by atoms with van der Waals surface area (Å²) in [7, 11) is 2.34. The predicted octanol–water partition coefficient (Wildman–Crippen LogP) is 1.36. The number of fused-ring (bicyclic) bond motifs is 1. The molecule has 3 rings (SSSR count). The number of amides is 2. The number of carbonyl (C=O) groups excluding carboxylic acids is 2. The molecule has 14 heteroatoms. The number of hydrogen-bond donors (Lipinski definition) is 1. The van der Waals surface area contributed by atoms with E-state index < -0.39 is 50.9 Å². The molecule has 0 radical (unpaired) electrons. The van der Waals surface area contributed by atoms with Crippen LogP contribution in [0.1, 0.15) is 34.6 Å². The first-order chi connectivity index (χ1) is 14.5. The Morgan fingerprint density at radius 3 is 2.19 bits per heavy atom. The summed E-state index contributed by atoms with van der Waals surface area (Å²) in [6.45, 7) is 3.69. The van der Waals surface area contributed by atoms with Gasteiger partial charge in [0.15, 0.2) is 5.69 Å². The van der Waals surface area contributed by atoms with Crippen LogP contribution < -0.4 is 11.2 Å². The minimum absolute atomic E-state index is 0. The Kier molecular flexibility index (Phi) is 6.79. The number of nitro groups is 1. The quantitative estimate of drug-likeness (QED) is 0.217. The first-order valence-corrected chi connectivity index (χ1v) is 9.05. The molecule has 1 aromatic heterocycles. The zero-order chi connectivity index (χ0) is 23.2. The molecule has 2 heterocycles. The van der Waals surface area contributed by atoms with E-state index in [0.717, 1.165) is 28.6 Å². The standard InChI is InChI=1S/C18H18N6O7.Ni/c1-8(2)7-23-14(25)9-5-6-10(24(30)31)12(11(9)15(23)26)19-20-13-16(27)21(3)18(29)22(4)17(13)28;/h5-6,8,27H,7H2,1-4H3;/q;+2. The Labute approximate surface area is 190 Å². The van der Waals surface area contributed by atoms with Gasteiger partial charge in [-0.15, -0.1) is 10.2 Å². The molecule has 0 spiro atoms. The number of rotatable bonds is 5. The number of benzene rings is 1. The summed E-state index contributed by atoms with van der Waals surface area (Å²) in [5.41, 5.74) is -4.01. The van der Waals surface area contributed by atoms with Crippen molar-refractivity contribution in [3.05, 3.63) is 54.2 Å². The Balaban J connectivity index is 0.00000363. The Hall–Kier alpha value is -3.67. The average molecular weight is 489 g/mol. The fourth-order valence-corrected chi connectivity index (χ4v) is 3.13. The van der Waals surface area contributed by atoms with Crippen LogP contribution in [0.2, 0.25) is 0 Å². The van der Waals surface area contributed by atoms with Gasteiger partial charge in [-0.25, -0.2) is 4.79 Å². The van der Waals surface area contributed by atoms with Crippen LogP contribution in [-0.2, 0) is 30.6 Å². The van der Waals surface area contributed by atoms with E-state index in [-0.39, 0.29) is 40.1 Å². The van der Waals surface area contributed by atoms with Crippen molar-refractivity contribution >= 4 is 28.9 Å². The van der Waals surface area contributed by atoms with Gasteiger partial charge in [-0.3, -0.25) is 38.5 Å². The van der Waals surface area contributed by atoms with Crippen LogP contribution in [0.5, 0.6) is 5.88 Å². The van der Waals surface area contributed by atoms with Crippen molar-refractivity contribution < 1.29 is 36.1 Å². The second kappa shape index (κ2) is 8.83. The number of azo groups is 1. The number of nitro benzene ring substituents is 1. The Morgan fingerprint density at radius 1 is 1.03 bits per heavy atom. The zero-order valence-electron chi connectivity index (χ0n) is 17.3. The van der Waals surface area contributed by atoms with Crippen LogP contribution in [0.4, 0.5) is 17.1 Å². The van der Waals surface area contributed by atoms with Crippen molar-refractivity contribution in [2.75, 3.05) is 6.54 Å². The van der Waals surface area contributed by atoms with Crippen LogP contribution >= 0.6 is 0 Å². The van der Waals surface area contributed by atoms with Gasteiger partial charge in [-0.2, -0.15) is 0 Å². The SMILES string of the molecule is CC(C)CN1C(=O)c2ccc([N+](=O)[O-])c(N=Nc3c(O)n(C)c(=O)n(C)c3=O)c2C1=O.[Ni+2]. The Morgan fingerprint density at radius 2 is 1.62 bits per heavy atom. The second-order valence-electron chi connectivity index (χ2n) is 7.31. The Bertz CT molecular complexity index is 1290. The number of imide groups is 1. The van der Waals surface area contributed by atoms with Crippen molar-refractivity contribution in [3.63, 3.8) is 0 Å². The first-order valence-electron chi connectivity index (χ1n) is 9.05. The second-order valence-corrected chi connectivity index (χ2v) is 7.31. The normalized spacial score (nSPS) is 13.1. The molecule has 0 unspecified atom stereocenters. The minimum Gasteiger partial charge on any atom is -0.493 e. The minimum atomic E-state index is -0.997. The molecule has 1 aliphatic heterocycles. The molecule has 0 bridgehead atoms. The van der Waals surface area contributed by atoms with Crippen molar-refractivity contribution in [1.82, 2.24) is 14.0 Å². The van der Waals surface area contributed by atoms with Crippen molar-refractivity contribution in [3.8, 4) is 5.88 Å². The summed E-state index contributed by atoms with van der Waals surface area (Å²) in [5.74, 6) is -2.26. The van der Waals surface area contributed by atoms with Crippen molar-refractivity contribution in [2.24, 2.45) is 30.2 Å². The molecule has 1 N–H and O–H groups in total. The molecule has 1 aliphatic rings. The van der Waals surface area contributed by atoms with E-state index in [1.165, 1.54) is 7.05 Å². The molecule has 2 amide bonds. The van der Waals surface area contributed by atoms with Gasteiger partial charge in [0.05, 0.1) is 16.1 Å². The molecule has 170 valence electrons. The molecular weight excluding hydrogens is 471 g/mol. The summed E-state index contributed by atoms with van der Waals surface area (Å²) in [5, 5.41) is 28.9. The summed E-state index contributed by atoms with van der Waals surface area (Å²) < 4.78 is 1.40. The van der Waals surface area contributed by atoms with Crippen molar-refractivity contribution in [2.45, 2.75) is 13.8 Å². The molecule has 13 nitrogen and oxygen atoms in total. The van der Waals surface area contributed by atoms with Crippen LogP contribution in [0.3, 0.4) is 0 Å². The molecule has 0 saturated carbocycles. The summed E-state index contributed by atoms with van der Waals surface area (Å²) >= 11 is 0. The number of nitrogens with zero attached hydrogens (tertiary/aromatic N) is 6. The van der Waals surface area contributed by atoms with E-state index >= 15 is 0 Å². The summed E-state index contributed by atoms with van der Waals surface area (Å²) in [6, 6.07) is 2.17. The number of aromatic nitrogens is 2. The fraction of sp³-hybridized carbons (Fsp3) is 0.333. The van der Waals surface area contributed by atoms with Crippen molar-refractivity contribution in [1.29, 1.82) is 0 Å². The summed E-state index contributed by atoms with van der Waals surface area (Å²) in [6.07, 6.45) is 0. The van der Waals surface area contributed by atoms with Gasteiger partial charge >= 0.3 is 22.2 Å². The van der Waals surface area contributed by atoms with Gasteiger partial charge in [-0.05, 0) is 12.0 Å². The first kappa shape index (κ1) is 24.6. The predicted molar refractivity (Wildman–Crippen MR) is 106 cm³/mol. The molecule has 2 aromatic rings. The van der Waals surface area contributed by atoms with Crippen LogP contribution in [-0.4, -0.2) is 42.4 Å². The number of carbonyl (C=O) groups is 2. The fourth-order valence-electron chi connectivity index (χ4n) is 3.13. The van der Waals surface area contributed by atoms with Crippen LogP contribution in [0, 0.1) is 16.0 Å². The molecule has 0 aliphatic carbocycles. The van der Waals surface area contributed by atoms with Crippen LogP contribution in [0.15, 0.2) is 32.0 Å². The monoisotopic (exact) mass is 488 g/mol. The summed E-state index contributed by atoms with van der Waals surface area (Å²) in [4.78, 5) is 61.3. The topological polar surface area (TPSA) is 169 Å². The third-order valence-electron chi connectivity index (χ3n) is 4.70. The van der Waals surface area contributed by atoms with E-state index in [2.05, 4.69) is 10.2 Å². The largest absolute Gasteiger partial charge is 2.00 e. The smallest absolute Gasteiger partial charge is 0.493 e. The molecule has 32 heavy (non-hydrogen) atoms. The van der Waals surface area contributed by atoms with Gasteiger partial charge in [0, 0.05) is 26.7 Å². The molecule has 1 aromatic carbocycles. The maximum atomic E-state index is 12.9. The third-order valence-corrected chi connectivity index (χ3v) is 4.70. The third kappa shape index (κ3) is 3.84. The maximum Gasteiger partial charge on any atom is 2.00 e. The van der Waals surface area contributed by atoms with Gasteiger partial charge in [0.1, 0.15) is 0 Å². The number of aromatic hydroxyl groups is 1. The van der Waals surface area contributed by atoms with Gasteiger partial charge in [0.2, 0.25) is 11.6 Å². The molecular formula is C18H18N6NiO7+2. The molecule has 0 fully saturated rings. The van der Waals surface area contributed by atoms with E-state index in [1.807, 2.05) is 0 Å². The average Bonchev–Trinajstić information content (AvgIpc) is 2.95. The van der Waals surface area contributed by atoms with E-state index in [4.69, 9.17) is 0 Å². The van der Waals surface area contributed by atoms with E-state index in [1.54, 1.807) is 13.8 Å². The molecule has 0 saturated heterocycles. The van der Waals surface area contributed by atoms with Gasteiger partial charge < -0.3 is 5.11 Å². The van der Waals surface area contributed by atoms with Crippen LogP contribution in [0.25, 0.3) is 0 Å². The van der Waals surface area contributed by atoms with E-state index in [9.17, 15) is 34.4 Å². The zero-order valence-corrected chi connectivity index (χ0v) is 18.3. The van der Waals surface area contributed by atoms with Gasteiger partial charge in [0.25, 0.3) is 23.1 Å². The molecule has 0 atom stereocenters.